The summed E-state index contributed by atoms with van der Waals surface area (Å²) in [5, 5.41) is 6.96. The van der Waals surface area contributed by atoms with Crippen LogP contribution < -0.4 is 5.32 Å². The predicted octanol–water partition coefficient (Wildman–Crippen LogP) is 2.05. The van der Waals surface area contributed by atoms with Crippen LogP contribution in [0.15, 0.2) is 16.8 Å². The van der Waals surface area contributed by atoms with Gasteiger partial charge in [-0.3, -0.25) is 9.59 Å². The number of piperazine rings is 1. The Labute approximate surface area is 124 Å². The number of thiophene rings is 1. The van der Waals surface area contributed by atoms with Gasteiger partial charge in [-0.1, -0.05) is 13.8 Å². The van der Waals surface area contributed by atoms with Crippen LogP contribution in [0.3, 0.4) is 0 Å². The molecule has 1 aromatic rings. The number of nitrogens with one attached hydrogen (secondary N) is 1. The topological polar surface area (TPSA) is 49.4 Å². The molecule has 2 heterocycles. The van der Waals surface area contributed by atoms with Crippen molar-refractivity contribution in [2.24, 2.45) is 5.92 Å². The number of rotatable bonds is 5. The molecule has 2 amide bonds. The van der Waals surface area contributed by atoms with Crippen molar-refractivity contribution >= 4 is 23.2 Å². The van der Waals surface area contributed by atoms with Gasteiger partial charge in [0.25, 0.3) is 0 Å². The lowest BCUT2D eigenvalue weighted by Crippen LogP contribution is -2.57. The zero-order valence-electron chi connectivity index (χ0n) is 12.1. The second kappa shape index (κ2) is 6.88. The van der Waals surface area contributed by atoms with Gasteiger partial charge in [0.15, 0.2) is 0 Å². The monoisotopic (exact) mass is 294 g/mol. The first-order valence-corrected chi connectivity index (χ1v) is 8.10. The Morgan fingerprint density at radius 3 is 3.00 bits per heavy atom. The summed E-state index contributed by atoms with van der Waals surface area (Å²) in [5.74, 6) is 0.488. The maximum atomic E-state index is 12.4. The minimum Gasteiger partial charge on any atom is -0.353 e. The molecule has 110 valence electrons. The van der Waals surface area contributed by atoms with Gasteiger partial charge >= 0.3 is 0 Å². The summed E-state index contributed by atoms with van der Waals surface area (Å²) in [7, 11) is 0. The normalized spacial score (nSPS) is 19.2. The van der Waals surface area contributed by atoms with Crippen molar-refractivity contribution < 1.29 is 9.59 Å². The third kappa shape index (κ3) is 3.82. The Morgan fingerprint density at radius 1 is 1.55 bits per heavy atom. The predicted molar refractivity (Wildman–Crippen MR) is 80.6 cm³/mol. The van der Waals surface area contributed by atoms with Crippen molar-refractivity contribution in [3.05, 3.63) is 22.4 Å². The van der Waals surface area contributed by atoms with Gasteiger partial charge in [-0.15, -0.1) is 0 Å². The SMILES string of the molecule is CC(C)C[C@@H]1C(=O)NCCN1C(=O)CCc1ccsc1. The van der Waals surface area contributed by atoms with Crippen molar-refractivity contribution in [1.82, 2.24) is 10.2 Å². The van der Waals surface area contributed by atoms with Crippen LogP contribution in [0.5, 0.6) is 0 Å². The quantitative estimate of drug-likeness (QED) is 0.903. The van der Waals surface area contributed by atoms with E-state index in [0.29, 0.717) is 25.4 Å². The van der Waals surface area contributed by atoms with Gasteiger partial charge in [-0.05, 0) is 41.1 Å². The van der Waals surface area contributed by atoms with E-state index in [1.807, 2.05) is 11.4 Å². The standard InChI is InChI=1S/C15H22N2O2S/c1-11(2)9-13-15(19)16-6-7-17(13)14(18)4-3-12-5-8-20-10-12/h5,8,10-11,13H,3-4,6-7,9H2,1-2H3,(H,16,19)/t13-/m1/s1. The average Bonchev–Trinajstić information content (AvgIpc) is 2.91. The van der Waals surface area contributed by atoms with Gasteiger partial charge in [0.2, 0.25) is 11.8 Å². The van der Waals surface area contributed by atoms with Gasteiger partial charge in [-0.25, -0.2) is 0 Å². The molecule has 1 aromatic heterocycles. The van der Waals surface area contributed by atoms with Gasteiger partial charge < -0.3 is 10.2 Å². The van der Waals surface area contributed by atoms with E-state index in [4.69, 9.17) is 0 Å². The molecule has 0 saturated carbocycles. The summed E-state index contributed by atoms with van der Waals surface area (Å²) in [4.78, 5) is 26.1. The van der Waals surface area contributed by atoms with Gasteiger partial charge in [0.1, 0.15) is 6.04 Å². The summed E-state index contributed by atoms with van der Waals surface area (Å²) >= 11 is 1.65. The van der Waals surface area contributed by atoms with E-state index in [2.05, 4.69) is 24.5 Å². The number of carbonyl (C=O) groups excluding carboxylic acids is 2. The van der Waals surface area contributed by atoms with Crippen LogP contribution >= 0.6 is 11.3 Å². The highest BCUT2D eigenvalue weighted by Crippen LogP contribution is 2.17. The molecule has 1 aliphatic rings. The number of hydrogen-bond donors (Lipinski definition) is 1. The lowest BCUT2D eigenvalue weighted by Gasteiger charge is -2.36. The minimum absolute atomic E-state index is 0.00571. The lowest BCUT2D eigenvalue weighted by molar-refractivity contribution is -0.143. The molecular weight excluding hydrogens is 272 g/mol. The van der Waals surface area contributed by atoms with Crippen molar-refractivity contribution in [1.29, 1.82) is 0 Å². The Hall–Kier alpha value is -1.36. The van der Waals surface area contributed by atoms with E-state index < -0.39 is 0 Å². The Morgan fingerprint density at radius 2 is 2.35 bits per heavy atom. The van der Waals surface area contributed by atoms with Crippen molar-refractivity contribution in [3.8, 4) is 0 Å². The van der Waals surface area contributed by atoms with E-state index in [0.717, 1.165) is 12.8 Å². The molecule has 1 aliphatic heterocycles. The largest absolute Gasteiger partial charge is 0.353 e. The minimum atomic E-state index is -0.293. The average molecular weight is 294 g/mol. The molecule has 0 spiro atoms. The first-order chi connectivity index (χ1) is 9.58. The first-order valence-electron chi connectivity index (χ1n) is 7.16. The van der Waals surface area contributed by atoms with E-state index >= 15 is 0 Å². The smallest absolute Gasteiger partial charge is 0.242 e. The number of aryl methyl sites for hydroxylation is 1. The number of nitrogens with zero attached hydrogens (tertiary/aromatic N) is 1. The fourth-order valence-electron chi connectivity index (χ4n) is 2.52. The third-order valence-electron chi connectivity index (χ3n) is 3.55. The molecule has 20 heavy (non-hydrogen) atoms. The molecule has 5 heteroatoms. The molecule has 1 saturated heterocycles. The van der Waals surface area contributed by atoms with Crippen LogP contribution in [-0.2, 0) is 16.0 Å². The highest BCUT2D eigenvalue weighted by Gasteiger charge is 2.32. The molecule has 1 N–H and O–H groups in total. The molecule has 0 bridgehead atoms. The van der Waals surface area contributed by atoms with Gasteiger partial charge in [-0.2, -0.15) is 11.3 Å². The van der Waals surface area contributed by atoms with E-state index in [1.54, 1.807) is 16.2 Å². The molecule has 2 rings (SSSR count). The van der Waals surface area contributed by atoms with Crippen LogP contribution in [0.4, 0.5) is 0 Å². The maximum Gasteiger partial charge on any atom is 0.242 e. The zero-order valence-corrected chi connectivity index (χ0v) is 12.9. The Balaban J connectivity index is 1.96. The molecule has 0 aliphatic carbocycles. The van der Waals surface area contributed by atoms with Crippen LogP contribution in [-0.4, -0.2) is 35.8 Å². The Bertz CT molecular complexity index is 456. The lowest BCUT2D eigenvalue weighted by atomic mass is 9.99. The van der Waals surface area contributed by atoms with Crippen LogP contribution in [0.1, 0.15) is 32.3 Å². The maximum absolute atomic E-state index is 12.4. The fourth-order valence-corrected chi connectivity index (χ4v) is 3.23. The number of amides is 2. The molecule has 0 aromatic carbocycles. The second-order valence-corrected chi connectivity index (χ2v) is 6.44. The van der Waals surface area contributed by atoms with Crippen LogP contribution in [0.25, 0.3) is 0 Å². The summed E-state index contributed by atoms with van der Waals surface area (Å²) in [5.41, 5.74) is 1.20. The number of carbonyl (C=O) groups is 2. The van der Waals surface area contributed by atoms with E-state index in [1.165, 1.54) is 5.56 Å². The molecule has 1 atom stereocenters. The second-order valence-electron chi connectivity index (χ2n) is 5.66. The van der Waals surface area contributed by atoms with Crippen molar-refractivity contribution in [2.75, 3.05) is 13.1 Å². The molecular formula is C15H22N2O2S. The van der Waals surface area contributed by atoms with Gasteiger partial charge in [0.05, 0.1) is 0 Å². The van der Waals surface area contributed by atoms with Gasteiger partial charge in [0, 0.05) is 19.5 Å². The summed E-state index contributed by atoms with van der Waals surface area (Å²) in [6, 6.07) is 1.76. The molecule has 1 fully saturated rings. The van der Waals surface area contributed by atoms with Crippen molar-refractivity contribution in [2.45, 2.75) is 39.2 Å². The third-order valence-corrected chi connectivity index (χ3v) is 4.29. The van der Waals surface area contributed by atoms with Crippen LogP contribution in [0.2, 0.25) is 0 Å². The summed E-state index contributed by atoms with van der Waals surface area (Å²) < 4.78 is 0. The number of hydrogen-bond acceptors (Lipinski definition) is 3. The zero-order chi connectivity index (χ0) is 14.5. The van der Waals surface area contributed by atoms with E-state index in [-0.39, 0.29) is 17.9 Å². The first kappa shape index (κ1) is 15.0. The molecule has 0 radical (unpaired) electrons. The highest BCUT2D eigenvalue weighted by molar-refractivity contribution is 7.07. The molecule has 0 unspecified atom stereocenters. The fraction of sp³-hybridized carbons (Fsp3) is 0.600. The van der Waals surface area contributed by atoms with E-state index in [9.17, 15) is 9.59 Å². The Kier molecular flexibility index (Phi) is 5.17. The summed E-state index contributed by atoms with van der Waals surface area (Å²) in [6.07, 6.45) is 1.98. The van der Waals surface area contributed by atoms with Crippen LogP contribution in [0, 0.1) is 5.92 Å². The highest BCUT2D eigenvalue weighted by atomic mass is 32.1. The molecule has 4 nitrogen and oxygen atoms in total. The van der Waals surface area contributed by atoms with Crippen molar-refractivity contribution in [3.63, 3.8) is 0 Å². The summed E-state index contributed by atoms with van der Waals surface area (Å²) in [6.45, 7) is 5.36.